The third kappa shape index (κ3) is 7.89. The lowest BCUT2D eigenvalue weighted by atomic mass is 10.3. The van der Waals surface area contributed by atoms with Gasteiger partial charge in [0.25, 0.3) is 0 Å². The molecule has 0 bridgehead atoms. The van der Waals surface area contributed by atoms with Gasteiger partial charge in [-0.25, -0.2) is 13.1 Å². The topological polar surface area (TPSA) is 58.2 Å². The van der Waals surface area contributed by atoms with Crippen LogP contribution < -0.4 is 10.0 Å². The van der Waals surface area contributed by atoms with E-state index in [0.29, 0.717) is 25.4 Å². The Balaban J connectivity index is 2.19. The summed E-state index contributed by atoms with van der Waals surface area (Å²) in [7, 11) is -3.16. The van der Waals surface area contributed by atoms with E-state index in [1.807, 2.05) is 26.0 Å². The van der Waals surface area contributed by atoms with Crippen molar-refractivity contribution in [2.75, 3.05) is 18.8 Å². The van der Waals surface area contributed by atoms with Crippen LogP contribution in [-0.4, -0.2) is 33.3 Å². The normalized spacial score (nSPS) is 12.2. The minimum absolute atomic E-state index is 0.165. The molecule has 0 atom stereocenters. The van der Waals surface area contributed by atoms with Crippen molar-refractivity contribution < 1.29 is 8.42 Å². The van der Waals surface area contributed by atoms with E-state index in [4.69, 9.17) is 11.6 Å². The fraction of sp³-hybridized carbons (Fsp3) is 0.667. The molecular weight excluding hydrogens is 304 g/mol. The Morgan fingerprint density at radius 1 is 1.32 bits per heavy atom. The van der Waals surface area contributed by atoms with E-state index in [-0.39, 0.29) is 5.75 Å². The molecule has 1 rings (SSSR count). The van der Waals surface area contributed by atoms with Gasteiger partial charge >= 0.3 is 0 Å². The Morgan fingerprint density at radius 2 is 2.05 bits per heavy atom. The van der Waals surface area contributed by atoms with Gasteiger partial charge in [-0.2, -0.15) is 0 Å². The van der Waals surface area contributed by atoms with Crippen molar-refractivity contribution in [1.29, 1.82) is 0 Å². The van der Waals surface area contributed by atoms with Crippen LogP contribution in [0.1, 0.15) is 25.1 Å². The lowest BCUT2D eigenvalue weighted by Crippen LogP contribution is -2.31. The molecular formula is C12H21ClN2O2S2. The van der Waals surface area contributed by atoms with Crippen LogP contribution in [0.2, 0.25) is 4.34 Å². The smallest absolute Gasteiger partial charge is 0.211 e. The molecule has 0 spiro atoms. The minimum atomic E-state index is -3.16. The molecule has 7 heteroatoms. The summed E-state index contributed by atoms with van der Waals surface area (Å²) >= 11 is 7.30. The highest BCUT2D eigenvalue weighted by Crippen LogP contribution is 2.21. The van der Waals surface area contributed by atoms with E-state index in [0.717, 1.165) is 15.8 Å². The van der Waals surface area contributed by atoms with Crippen LogP contribution >= 0.6 is 22.9 Å². The molecule has 110 valence electrons. The van der Waals surface area contributed by atoms with Gasteiger partial charge in [0.2, 0.25) is 10.0 Å². The second kappa shape index (κ2) is 8.21. The summed E-state index contributed by atoms with van der Waals surface area (Å²) in [5, 5.41) is 3.20. The molecule has 1 aromatic rings. The molecule has 0 aromatic carbocycles. The van der Waals surface area contributed by atoms with Gasteiger partial charge in [-0.1, -0.05) is 25.4 Å². The fourth-order valence-electron chi connectivity index (χ4n) is 1.54. The Kier molecular flexibility index (Phi) is 7.31. The van der Waals surface area contributed by atoms with Gasteiger partial charge in [0.15, 0.2) is 0 Å². The number of thiophene rings is 1. The van der Waals surface area contributed by atoms with E-state index in [9.17, 15) is 8.42 Å². The monoisotopic (exact) mass is 324 g/mol. The van der Waals surface area contributed by atoms with E-state index < -0.39 is 10.0 Å². The highest BCUT2D eigenvalue weighted by atomic mass is 35.5. The Hall–Kier alpha value is -0.140. The summed E-state index contributed by atoms with van der Waals surface area (Å²) in [5.41, 5.74) is 0. The van der Waals surface area contributed by atoms with E-state index in [1.54, 1.807) is 0 Å². The molecule has 19 heavy (non-hydrogen) atoms. The van der Waals surface area contributed by atoms with Crippen molar-refractivity contribution in [1.82, 2.24) is 10.0 Å². The van der Waals surface area contributed by atoms with Crippen molar-refractivity contribution in [2.24, 2.45) is 0 Å². The first-order chi connectivity index (χ1) is 8.89. The third-order valence-corrected chi connectivity index (χ3v) is 5.23. The standard InChI is InChI=1S/C12H21ClN2O2S2/c1-10(2)14-7-3-9-19(16,17)15-8-6-11-4-5-12(13)18-11/h4-5,10,14-15H,3,6-9H2,1-2H3. The second-order valence-corrected chi connectivity index (χ2v) is 8.36. The van der Waals surface area contributed by atoms with Crippen LogP contribution in [0.15, 0.2) is 12.1 Å². The number of halogens is 1. The van der Waals surface area contributed by atoms with Gasteiger partial charge in [0.1, 0.15) is 0 Å². The summed E-state index contributed by atoms with van der Waals surface area (Å²) in [5.74, 6) is 0.165. The summed E-state index contributed by atoms with van der Waals surface area (Å²) < 4.78 is 26.8. The highest BCUT2D eigenvalue weighted by Gasteiger charge is 2.09. The summed E-state index contributed by atoms with van der Waals surface area (Å²) in [6.45, 7) is 5.23. The van der Waals surface area contributed by atoms with Crippen molar-refractivity contribution in [3.8, 4) is 0 Å². The first-order valence-electron chi connectivity index (χ1n) is 6.34. The molecule has 1 aromatic heterocycles. The maximum atomic E-state index is 11.7. The van der Waals surface area contributed by atoms with Gasteiger partial charge < -0.3 is 5.32 Å². The SMILES string of the molecule is CC(C)NCCCS(=O)(=O)NCCc1ccc(Cl)s1. The summed E-state index contributed by atoms with van der Waals surface area (Å²) in [6, 6.07) is 4.14. The van der Waals surface area contributed by atoms with Gasteiger partial charge in [0.05, 0.1) is 10.1 Å². The van der Waals surface area contributed by atoms with Crippen molar-refractivity contribution >= 4 is 33.0 Å². The first-order valence-corrected chi connectivity index (χ1v) is 9.18. The van der Waals surface area contributed by atoms with Crippen molar-refractivity contribution in [2.45, 2.75) is 32.7 Å². The molecule has 0 saturated heterocycles. The Morgan fingerprint density at radius 3 is 2.63 bits per heavy atom. The molecule has 0 aliphatic heterocycles. The number of nitrogens with one attached hydrogen (secondary N) is 2. The average molecular weight is 325 g/mol. The van der Waals surface area contributed by atoms with Gasteiger partial charge in [-0.05, 0) is 31.5 Å². The lowest BCUT2D eigenvalue weighted by Gasteiger charge is -2.09. The van der Waals surface area contributed by atoms with Crippen LogP contribution in [0.25, 0.3) is 0 Å². The maximum Gasteiger partial charge on any atom is 0.211 e. The van der Waals surface area contributed by atoms with E-state index >= 15 is 0 Å². The van der Waals surface area contributed by atoms with Gasteiger partial charge in [-0.15, -0.1) is 11.3 Å². The largest absolute Gasteiger partial charge is 0.314 e. The van der Waals surface area contributed by atoms with Crippen LogP contribution in [-0.2, 0) is 16.4 Å². The Bertz CT molecular complexity index is 472. The minimum Gasteiger partial charge on any atom is -0.314 e. The van der Waals surface area contributed by atoms with Crippen molar-refractivity contribution in [3.05, 3.63) is 21.3 Å². The predicted octanol–water partition coefficient (Wildman–Crippen LogP) is 2.25. The molecule has 0 aliphatic rings. The van der Waals surface area contributed by atoms with Gasteiger partial charge in [-0.3, -0.25) is 0 Å². The number of sulfonamides is 1. The zero-order valence-electron chi connectivity index (χ0n) is 11.3. The predicted molar refractivity (Wildman–Crippen MR) is 82.6 cm³/mol. The zero-order chi connectivity index (χ0) is 14.3. The maximum absolute atomic E-state index is 11.7. The number of hydrogen-bond acceptors (Lipinski definition) is 4. The molecule has 1 heterocycles. The molecule has 4 nitrogen and oxygen atoms in total. The molecule has 0 saturated carbocycles. The van der Waals surface area contributed by atoms with Crippen LogP contribution in [0.5, 0.6) is 0 Å². The van der Waals surface area contributed by atoms with E-state index in [2.05, 4.69) is 10.0 Å². The summed E-state index contributed by atoms with van der Waals surface area (Å²) in [4.78, 5) is 1.09. The van der Waals surface area contributed by atoms with Gasteiger partial charge in [0, 0.05) is 17.5 Å². The molecule has 0 amide bonds. The third-order valence-electron chi connectivity index (χ3n) is 2.46. The number of rotatable bonds is 9. The van der Waals surface area contributed by atoms with Crippen molar-refractivity contribution in [3.63, 3.8) is 0 Å². The highest BCUT2D eigenvalue weighted by molar-refractivity contribution is 7.89. The first kappa shape index (κ1) is 16.9. The average Bonchev–Trinajstić information content (AvgIpc) is 2.70. The molecule has 0 aliphatic carbocycles. The molecule has 0 fully saturated rings. The van der Waals surface area contributed by atoms with Crippen LogP contribution in [0.3, 0.4) is 0 Å². The number of hydrogen-bond donors (Lipinski definition) is 2. The zero-order valence-corrected chi connectivity index (χ0v) is 13.7. The lowest BCUT2D eigenvalue weighted by molar-refractivity contribution is 0.561. The molecule has 2 N–H and O–H groups in total. The quantitative estimate of drug-likeness (QED) is 0.685. The second-order valence-electron chi connectivity index (χ2n) is 4.63. The molecule has 0 unspecified atom stereocenters. The van der Waals surface area contributed by atoms with Crippen LogP contribution in [0, 0.1) is 0 Å². The fourth-order valence-corrected chi connectivity index (χ4v) is 3.71. The molecule has 0 radical (unpaired) electrons. The van der Waals surface area contributed by atoms with Crippen LogP contribution in [0.4, 0.5) is 0 Å². The Labute approximate surface area is 124 Å². The van der Waals surface area contributed by atoms with E-state index in [1.165, 1.54) is 11.3 Å². The summed E-state index contributed by atoms with van der Waals surface area (Å²) in [6.07, 6.45) is 1.30.